The van der Waals surface area contributed by atoms with Gasteiger partial charge in [-0.15, -0.1) is 0 Å². The van der Waals surface area contributed by atoms with E-state index in [9.17, 15) is 9.59 Å². The van der Waals surface area contributed by atoms with Crippen molar-refractivity contribution in [2.75, 3.05) is 0 Å². The molecule has 0 spiro atoms. The molecule has 0 saturated heterocycles. The van der Waals surface area contributed by atoms with E-state index in [1.165, 1.54) is 5.56 Å². The minimum atomic E-state index is -1.14. The molecule has 1 unspecified atom stereocenters. The molecular formula is C12H15NO3S. The maximum atomic E-state index is 11.8. The van der Waals surface area contributed by atoms with Crippen molar-refractivity contribution in [3.8, 4) is 0 Å². The molecule has 0 bridgehead atoms. The number of carbonyl (C=O) groups is 2. The molecule has 1 aromatic rings. The second kappa shape index (κ2) is 4.49. The maximum absolute atomic E-state index is 11.8. The predicted molar refractivity (Wildman–Crippen MR) is 64.9 cm³/mol. The molecule has 1 heterocycles. The van der Waals surface area contributed by atoms with Crippen LogP contribution in [0.15, 0.2) is 16.8 Å². The maximum Gasteiger partial charge on any atom is 0.319 e. The molecule has 5 heteroatoms. The molecule has 0 radical (unpaired) electrons. The highest BCUT2D eigenvalue weighted by molar-refractivity contribution is 7.07. The van der Waals surface area contributed by atoms with Gasteiger partial charge in [-0.25, -0.2) is 0 Å². The van der Waals surface area contributed by atoms with Crippen LogP contribution in [0, 0.1) is 5.41 Å². The zero-order valence-electron chi connectivity index (χ0n) is 9.60. The smallest absolute Gasteiger partial charge is 0.319 e. The second-order valence-corrected chi connectivity index (χ2v) is 5.38. The lowest BCUT2D eigenvalue weighted by Gasteiger charge is -2.16. The van der Waals surface area contributed by atoms with Crippen LogP contribution in [0.25, 0.3) is 0 Å². The van der Waals surface area contributed by atoms with Crippen molar-refractivity contribution >= 4 is 23.2 Å². The molecule has 1 aliphatic carbocycles. The number of hydrogen-bond donors (Lipinski definition) is 2. The van der Waals surface area contributed by atoms with Crippen LogP contribution in [0.1, 0.15) is 25.3 Å². The van der Waals surface area contributed by atoms with E-state index in [0.717, 1.165) is 6.42 Å². The summed E-state index contributed by atoms with van der Waals surface area (Å²) in [6.07, 6.45) is 1.66. The highest BCUT2D eigenvalue weighted by Crippen LogP contribution is 2.46. The number of amides is 1. The first-order chi connectivity index (χ1) is 8.04. The second-order valence-electron chi connectivity index (χ2n) is 4.60. The fraction of sp³-hybridized carbons (Fsp3) is 0.500. The highest BCUT2D eigenvalue weighted by Gasteiger charge is 2.57. The molecule has 0 aromatic carbocycles. The summed E-state index contributed by atoms with van der Waals surface area (Å²) in [5.41, 5.74) is 0.0334. The van der Waals surface area contributed by atoms with Crippen LogP contribution in [-0.2, 0) is 16.0 Å². The number of aliphatic carboxylic acids is 1. The fourth-order valence-electron chi connectivity index (χ4n) is 1.84. The lowest BCUT2D eigenvalue weighted by molar-refractivity contribution is -0.149. The molecule has 1 saturated carbocycles. The van der Waals surface area contributed by atoms with Crippen LogP contribution in [0.3, 0.4) is 0 Å². The van der Waals surface area contributed by atoms with E-state index in [2.05, 4.69) is 5.32 Å². The van der Waals surface area contributed by atoms with Crippen molar-refractivity contribution in [2.24, 2.45) is 5.41 Å². The van der Waals surface area contributed by atoms with Crippen molar-refractivity contribution in [1.29, 1.82) is 0 Å². The first kappa shape index (κ1) is 12.1. The summed E-state index contributed by atoms with van der Waals surface area (Å²) in [6, 6.07) is 1.98. The van der Waals surface area contributed by atoms with Gasteiger partial charge in [0.2, 0.25) is 5.91 Å². The van der Waals surface area contributed by atoms with Gasteiger partial charge in [0.25, 0.3) is 0 Å². The Kier molecular flexibility index (Phi) is 3.19. The van der Waals surface area contributed by atoms with Gasteiger partial charge in [0.15, 0.2) is 0 Å². The van der Waals surface area contributed by atoms with Crippen LogP contribution in [0.5, 0.6) is 0 Å². The van der Waals surface area contributed by atoms with E-state index in [-0.39, 0.29) is 11.9 Å². The number of carboxylic acids is 1. The summed E-state index contributed by atoms with van der Waals surface area (Å²) in [7, 11) is 0. The Morgan fingerprint density at radius 3 is 2.76 bits per heavy atom. The topological polar surface area (TPSA) is 66.4 Å². The average Bonchev–Trinajstić information content (AvgIpc) is 2.93. The number of thiophene rings is 1. The Bertz CT molecular complexity index is 423. The molecule has 0 aliphatic heterocycles. The van der Waals surface area contributed by atoms with Crippen LogP contribution in [0.4, 0.5) is 0 Å². The van der Waals surface area contributed by atoms with Crippen LogP contribution in [0.2, 0.25) is 0 Å². The Labute approximate surface area is 104 Å². The van der Waals surface area contributed by atoms with Crippen molar-refractivity contribution in [1.82, 2.24) is 5.32 Å². The first-order valence-electron chi connectivity index (χ1n) is 5.60. The molecule has 1 aromatic heterocycles. The lowest BCUT2D eigenvalue weighted by Crippen LogP contribution is -2.42. The van der Waals surface area contributed by atoms with Gasteiger partial charge in [-0.3, -0.25) is 9.59 Å². The number of hydrogen-bond acceptors (Lipinski definition) is 3. The first-order valence-corrected chi connectivity index (χ1v) is 6.54. The third-order valence-corrected chi connectivity index (χ3v) is 3.83. The lowest BCUT2D eigenvalue weighted by atomic mass is 10.1. The van der Waals surface area contributed by atoms with Gasteiger partial charge in [-0.1, -0.05) is 0 Å². The normalized spacial score (nSPS) is 18.4. The van der Waals surface area contributed by atoms with Crippen molar-refractivity contribution in [2.45, 2.75) is 32.2 Å². The van der Waals surface area contributed by atoms with Gasteiger partial charge in [0.1, 0.15) is 5.41 Å². The minimum Gasteiger partial charge on any atom is -0.480 e. The summed E-state index contributed by atoms with van der Waals surface area (Å²) in [5.74, 6) is -1.34. The van der Waals surface area contributed by atoms with E-state index in [4.69, 9.17) is 5.11 Å². The third-order valence-electron chi connectivity index (χ3n) is 3.09. The average molecular weight is 253 g/mol. The Morgan fingerprint density at radius 1 is 1.59 bits per heavy atom. The number of carbonyl (C=O) groups excluding carboxylic acids is 1. The summed E-state index contributed by atoms with van der Waals surface area (Å²) >= 11 is 1.62. The van der Waals surface area contributed by atoms with Gasteiger partial charge in [0, 0.05) is 6.04 Å². The molecular weight excluding hydrogens is 238 g/mol. The number of nitrogens with one attached hydrogen (secondary N) is 1. The van der Waals surface area contributed by atoms with E-state index in [1.807, 2.05) is 23.8 Å². The van der Waals surface area contributed by atoms with Crippen molar-refractivity contribution < 1.29 is 14.7 Å². The number of rotatable bonds is 5. The molecule has 4 nitrogen and oxygen atoms in total. The Hall–Kier alpha value is -1.36. The largest absolute Gasteiger partial charge is 0.480 e. The van der Waals surface area contributed by atoms with Crippen LogP contribution in [-0.4, -0.2) is 23.0 Å². The molecule has 1 aliphatic rings. The number of carboxylic acid groups (broad SMARTS) is 1. The Balaban J connectivity index is 1.89. The van der Waals surface area contributed by atoms with Crippen molar-refractivity contribution in [3.63, 3.8) is 0 Å². The third kappa shape index (κ3) is 2.49. The van der Waals surface area contributed by atoms with Gasteiger partial charge in [-0.05, 0) is 48.6 Å². The van der Waals surface area contributed by atoms with Gasteiger partial charge < -0.3 is 10.4 Å². The molecule has 2 rings (SSSR count). The summed E-state index contributed by atoms with van der Waals surface area (Å²) in [4.78, 5) is 22.8. The van der Waals surface area contributed by atoms with Crippen LogP contribution < -0.4 is 5.32 Å². The quantitative estimate of drug-likeness (QED) is 0.784. The SMILES string of the molecule is CC(Cc1ccsc1)NC(=O)C1(C(=O)O)CC1. The van der Waals surface area contributed by atoms with E-state index in [0.29, 0.717) is 12.8 Å². The van der Waals surface area contributed by atoms with E-state index >= 15 is 0 Å². The fourth-order valence-corrected chi connectivity index (χ4v) is 2.52. The molecule has 1 atom stereocenters. The van der Waals surface area contributed by atoms with Crippen LogP contribution >= 0.6 is 11.3 Å². The summed E-state index contributed by atoms with van der Waals surface area (Å²) in [6.45, 7) is 1.90. The molecule has 92 valence electrons. The van der Waals surface area contributed by atoms with Gasteiger partial charge >= 0.3 is 5.97 Å². The monoisotopic (exact) mass is 253 g/mol. The standard InChI is InChI=1S/C12H15NO3S/c1-8(6-9-2-5-17-7-9)13-10(14)12(3-4-12)11(15)16/h2,5,7-8H,3-4,6H2,1H3,(H,13,14)(H,15,16). The van der Waals surface area contributed by atoms with Gasteiger partial charge in [-0.2, -0.15) is 11.3 Å². The molecule has 17 heavy (non-hydrogen) atoms. The predicted octanol–water partition coefficient (Wildman–Crippen LogP) is 1.66. The summed E-state index contributed by atoms with van der Waals surface area (Å²) in [5, 5.41) is 15.8. The highest BCUT2D eigenvalue weighted by atomic mass is 32.1. The summed E-state index contributed by atoms with van der Waals surface area (Å²) < 4.78 is 0. The zero-order chi connectivity index (χ0) is 12.5. The molecule has 1 amide bonds. The zero-order valence-corrected chi connectivity index (χ0v) is 10.4. The Morgan fingerprint density at radius 2 is 2.29 bits per heavy atom. The van der Waals surface area contributed by atoms with Crippen molar-refractivity contribution in [3.05, 3.63) is 22.4 Å². The molecule has 2 N–H and O–H groups in total. The van der Waals surface area contributed by atoms with E-state index in [1.54, 1.807) is 11.3 Å². The van der Waals surface area contributed by atoms with Gasteiger partial charge in [0.05, 0.1) is 0 Å². The molecule has 1 fully saturated rings. The minimum absolute atomic E-state index is 0.0334. The van der Waals surface area contributed by atoms with E-state index < -0.39 is 11.4 Å².